The average molecular weight is 305 g/mol. The summed E-state index contributed by atoms with van der Waals surface area (Å²) in [5.74, 6) is 0.272. The van der Waals surface area contributed by atoms with Crippen LogP contribution >= 0.6 is 0 Å². The van der Waals surface area contributed by atoms with Crippen molar-refractivity contribution in [3.05, 3.63) is 0 Å². The minimum atomic E-state index is -2.95. The van der Waals surface area contributed by atoms with Gasteiger partial charge in [0.15, 0.2) is 9.84 Å². The molecule has 1 aliphatic heterocycles. The molecule has 0 aromatic rings. The lowest BCUT2D eigenvalue weighted by Crippen LogP contribution is -2.61. The number of hydrogen-bond acceptors (Lipinski definition) is 4. The number of hydrogen-bond donors (Lipinski definition) is 1. The van der Waals surface area contributed by atoms with Gasteiger partial charge in [-0.15, -0.1) is 0 Å². The first-order valence-corrected chi connectivity index (χ1v) is 9.48. The molecule has 0 radical (unpaired) electrons. The van der Waals surface area contributed by atoms with E-state index in [0.29, 0.717) is 18.6 Å². The van der Waals surface area contributed by atoms with Crippen LogP contribution in [-0.4, -0.2) is 56.0 Å². The third kappa shape index (κ3) is 4.71. The van der Waals surface area contributed by atoms with Gasteiger partial charge in [0.2, 0.25) is 0 Å². The second-order valence-corrected chi connectivity index (χ2v) is 9.98. The summed E-state index contributed by atoms with van der Waals surface area (Å²) in [6, 6.07) is 0.878. The first kappa shape index (κ1) is 17.9. The van der Waals surface area contributed by atoms with Crippen LogP contribution in [0.1, 0.15) is 48.0 Å². The molecule has 1 aliphatic rings. The number of nitrogens with zero attached hydrogens (tertiary/aromatic N) is 1. The zero-order valence-corrected chi connectivity index (χ0v) is 14.8. The quantitative estimate of drug-likeness (QED) is 0.843. The monoisotopic (exact) mass is 304 g/mol. The predicted molar refractivity (Wildman–Crippen MR) is 85.8 cm³/mol. The van der Waals surface area contributed by atoms with E-state index >= 15 is 0 Å². The fraction of sp³-hybridized carbons (Fsp3) is 1.00. The Kier molecular flexibility index (Phi) is 6.05. The molecule has 1 fully saturated rings. The second kappa shape index (κ2) is 6.75. The van der Waals surface area contributed by atoms with Crippen LogP contribution in [0, 0.1) is 5.41 Å². The highest BCUT2D eigenvalue weighted by molar-refractivity contribution is 7.92. The zero-order valence-electron chi connectivity index (χ0n) is 13.9. The lowest BCUT2D eigenvalue weighted by atomic mass is 9.83. The summed E-state index contributed by atoms with van der Waals surface area (Å²) >= 11 is 0. The normalized spacial score (nSPS) is 26.1. The minimum absolute atomic E-state index is 0.160. The lowest BCUT2D eigenvalue weighted by molar-refractivity contribution is 0.0602. The molecule has 2 unspecified atom stereocenters. The van der Waals surface area contributed by atoms with Crippen molar-refractivity contribution in [2.24, 2.45) is 5.41 Å². The van der Waals surface area contributed by atoms with Gasteiger partial charge < -0.3 is 5.32 Å². The standard InChI is InChI=1S/C15H32N2O2S/c1-7-13-11-17(8-9-20(18,19)12(2)3)14(10-16-13)15(4,5)6/h12-14,16H,7-11H2,1-6H3. The Labute approximate surface area is 125 Å². The molecular weight excluding hydrogens is 272 g/mol. The Hall–Kier alpha value is -0.130. The van der Waals surface area contributed by atoms with Crippen LogP contribution in [0.4, 0.5) is 0 Å². The molecule has 120 valence electrons. The van der Waals surface area contributed by atoms with Gasteiger partial charge in [-0.25, -0.2) is 8.42 Å². The SMILES string of the molecule is CCC1CN(CCS(=O)(=O)C(C)C)C(C(C)(C)C)CN1. The minimum Gasteiger partial charge on any atom is -0.311 e. The van der Waals surface area contributed by atoms with Gasteiger partial charge in [0.1, 0.15) is 0 Å². The third-order valence-electron chi connectivity index (χ3n) is 4.37. The maximum Gasteiger partial charge on any atom is 0.153 e. The number of rotatable bonds is 5. The van der Waals surface area contributed by atoms with Crippen molar-refractivity contribution < 1.29 is 8.42 Å². The Morgan fingerprint density at radius 3 is 2.35 bits per heavy atom. The molecule has 1 saturated heterocycles. The van der Waals surface area contributed by atoms with Crippen molar-refractivity contribution in [1.82, 2.24) is 10.2 Å². The van der Waals surface area contributed by atoms with Gasteiger partial charge in [-0.1, -0.05) is 27.7 Å². The van der Waals surface area contributed by atoms with Crippen LogP contribution in [0.5, 0.6) is 0 Å². The lowest BCUT2D eigenvalue weighted by Gasteiger charge is -2.46. The number of piperazine rings is 1. The van der Waals surface area contributed by atoms with E-state index in [4.69, 9.17) is 0 Å². The van der Waals surface area contributed by atoms with Crippen molar-refractivity contribution in [1.29, 1.82) is 0 Å². The molecule has 2 atom stereocenters. The molecule has 0 aromatic carbocycles. The first-order chi connectivity index (χ1) is 9.08. The summed E-state index contributed by atoms with van der Waals surface area (Å²) in [7, 11) is -2.95. The van der Waals surface area contributed by atoms with E-state index in [-0.39, 0.29) is 16.4 Å². The van der Waals surface area contributed by atoms with Crippen molar-refractivity contribution in [3.8, 4) is 0 Å². The van der Waals surface area contributed by atoms with Crippen molar-refractivity contribution >= 4 is 9.84 Å². The van der Waals surface area contributed by atoms with Gasteiger partial charge in [-0.3, -0.25) is 4.90 Å². The van der Waals surface area contributed by atoms with Gasteiger partial charge in [-0.05, 0) is 25.7 Å². The van der Waals surface area contributed by atoms with Gasteiger partial charge >= 0.3 is 0 Å². The van der Waals surface area contributed by atoms with Gasteiger partial charge in [0.05, 0.1) is 11.0 Å². The molecule has 20 heavy (non-hydrogen) atoms. The van der Waals surface area contributed by atoms with Crippen LogP contribution in [0.25, 0.3) is 0 Å². The molecule has 5 heteroatoms. The van der Waals surface area contributed by atoms with E-state index in [1.54, 1.807) is 13.8 Å². The van der Waals surface area contributed by atoms with E-state index in [1.807, 2.05) is 0 Å². The van der Waals surface area contributed by atoms with Crippen LogP contribution in [0.3, 0.4) is 0 Å². The molecule has 0 saturated carbocycles. The molecule has 1 heterocycles. The van der Waals surface area contributed by atoms with E-state index in [2.05, 4.69) is 37.9 Å². The molecule has 1 N–H and O–H groups in total. The third-order valence-corrected chi connectivity index (χ3v) is 6.56. The molecule has 4 nitrogen and oxygen atoms in total. The van der Waals surface area contributed by atoms with E-state index in [9.17, 15) is 8.42 Å². The first-order valence-electron chi connectivity index (χ1n) is 7.77. The topological polar surface area (TPSA) is 49.4 Å². The number of nitrogens with one attached hydrogen (secondary N) is 1. The highest BCUT2D eigenvalue weighted by Gasteiger charge is 2.35. The molecule has 0 aliphatic carbocycles. The van der Waals surface area contributed by atoms with Gasteiger partial charge in [-0.2, -0.15) is 0 Å². The zero-order chi connectivity index (χ0) is 15.6. The predicted octanol–water partition coefficient (Wildman–Crippen LogP) is 1.91. The Balaban J connectivity index is 2.75. The summed E-state index contributed by atoms with van der Waals surface area (Å²) in [5, 5.41) is 3.31. The molecule has 0 spiro atoms. The molecule has 1 rings (SSSR count). The average Bonchev–Trinajstić information content (AvgIpc) is 2.34. The summed E-state index contributed by atoms with van der Waals surface area (Å²) in [4.78, 5) is 2.38. The molecule has 0 amide bonds. The highest BCUT2D eigenvalue weighted by atomic mass is 32.2. The van der Waals surface area contributed by atoms with Crippen molar-refractivity contribution in [2.75, 3.05) is 25.4 Å². The van der Waals surface area contributed by atoms with Gasteiger partial charge in [0, 0.05) is 31.7 Å². The summed E-state index contributed by atoms with van der Waals surface area (Å²) in [6.45, 7) is 15.0. The summed E-state index contributed by atoms with van der Waals surface area (Å²) in [5.41, 5.74) is 0.160. The van der Waals surface area contributed by atoms with E-state index < -0.39 is 9.84 Å². The Morgan fingerprint density at radius 2 is 1.90 bits per heavy atom. The highest BCUT2D eigenvalue weighted by Crippen LogP contribution is 2.26. The Morgan fingerprint density at radius 1 is 1.30 bits per heavy atom. The maximum absolute atomic E-state index is 12.0. The second-order valence-electron chi connectivity index (χ2n) is 7.31. The van der Waals surface area contributed by atoms with Crippen molar-refractivity contribution in [2.45, 2.75) is 65.3 Å². The van der Waals surface area contributed by atoms with E-state index in [1.165, 1.54) is 0 Å². The van der Waals surface area contributed by atoms with Crippen molar-refractivity contribution in [3.63, 3.8) is 0 Å². The largest absolute Gasteiger partial charge is 0.311 e. The fourth-order valence-electron chi connectivity index (χ4n) is 2.74. The fourth-order valence-corrected chi connectivity index (χ4v) is 3.70. The smallest absolute Gasteiger partial charge is 0.153 e. The van der Waals surface area contributed by atoms with Crippen LogP contribution in [0.2, 0.25) is 0 Å². The van der Waals surface area contributed by atoms with Gasteiger partial charge in [0.25, 0.3) is 0 Å². The Bertz CT molecular complexity index is 399. The summed E-state index contributed by atoms with van der Waals surface area (Å²) < 4.78 is 24.1. The van der Waals surface area contributed by atoms with E-state index in [0.717, 1.165) is 19.5 Å². The maximum atomic E-state index is 12.0. The summed E-state index contributed by atoms with van der Waals surface area (Å²) in [6.07, 6.45) is 1.09. The van der Waals surface area contributed by atoms with Crippen LogP contribution in [0.15, 0.2) is 0 Å². The molecular formula is C15H32N2O2S. The van der Waals surface area contributed by atoms with Crippen LogP contribution < -0.4 is 5.32 Å². The molecule has 0 bridgehead atoms. The molecule has 0 aromatic heterocycles. The number of sulfone groups is 1. The van der Waals surface area contributed by atoms with Crippen LogP contribution in [-0.2, 0) is 9.84 Å².